The van der Waals surface area contributed by atoms with E-state index < -0.39 is 0 Å². The Hall–Kier alpha value is -3.15. The molecule has 2 aromatic heterocycles. The number of hydrogen-bond acceptors (Lipinski definition) is 3. The number of aromatic nitrogens is 3. The molecule has 6 heteroatoms. The number of rotatable bonds is 4. The Bertz CT molecular complexity index is 968. The van der Waals surface area contributed by atoms with E-state index in [4.69, 9.17) is 0 Å². The van der Waals surface area contributed by atoms with E-state index in [9.17, 15) is 9.59 Å². The molecule has 0 bridgehead atoms. The van der Waals surface area contributed by atoms with Crippen molar-refractivity contribution in [1.82, 2.24) is 14.3 Å². The van der Waals surface area contributed by atoms with Crippen molar-refractivity contribution in [1.29, 1.82) is 0 Å². The van der Waals surface area contributed by atoms with Crippen LogP contribution in [0.5, 0.6) is 0 Å². The fourth-order valence-corrected chi connectivity index (χ4v) is 2.70. The predicted octanol–water partition coefficient (Wildman–Crippen LogP) is 2.92. The Morgan fingerprint density at radius 1 is 1.12 bits per heavy atom. The first-order valence-electron chi connectivity index (χ1n) is 8.13. The average Bonchev–Trinajstić information content (AvgIpc) is 2.95. The summed E-state index contributed by atoms with van der Waals surface area (Å²) in [6.45, 7) is 6.37. The molecular formula is C19H20N4O2. The van der Waals surface area contributed by atoms with Gasteiger partial charge in [-0.25, -0.2) is 4.68 Å². The molecule has 0 aliphatic rings. The first-order chi connectivity index (χ1) is 12.0. The van der Waals surface area contributed by atoms with Crippen LogP contribution < -0.4 is 10.9 Å². The average molecular weight is 336 g/mol. The molecule has 0 atom stereocenters. The number of aryl methyl sites for hydroxylation is 3. The number of carbonyl (C=O) groups excluding carboxylic acids is 1. The first-order valence-corrected chi connectivity index (χ1v) is 8.13. The van der Waals surface area contributed by atoms with Crippen molar-refractivity contribution in [2.45, 2.75) is 27.3 Å². The number of anilines is 1. The zero-order chi connectivity index (χ0) is 18.0. The fraction of sp³-hybridized carbons (Fsp3) is 0.211. The summed E-state index contributed by atoms with van der Waals surface area (Å²) >= 11 is 0. The molecule has 128 valence electrons. The molecule has 1 N–H and O–H groups in total. The third-order valence-corrected chi connectivity index (χ3v) is 3.97. The molecule has 0 unspecified atom stereocenters. The summed E-state index contributed by atoms with van der Waals surface area (Å²) in [5.41, 5.74) is 3.94. The van der Waals surface area contributed by atoms with E-state index in [2.05, 4.69) is 10.4 Å². The van der Waals surface area contributed by atoms with Crippen LogP contribution in [-0.2, 0) is 6.54 Å². The molecule has 2 heterocycles. The highest BCUT2D eigenvalue weighted by atomic mass is 16.1. The Morgan fingerprint density at radius 2 is 1.84 bits per heavy atom. The molecule has 6 nitrogen and oxygen atoms in total. The van der Waals surface area contributed by atoms with Gasteiger partial charge in [0.1, 0.15) is 0 Å². The zero-order valence-electron chi connectivity index (χ0n) is 14.5. The van der Waals surface area contributed by atoms with E-state index in [0.29, 0.717) is 17.8 Å². The molecule has 0 fully saturated rings. The molecule has 3 rings (SSSR count). The number of hydrogen-bond donors (Lipinski definition) is 1. The van der Waals surface area contributed by atoms with Gasteiger partial charge in [-0.1, -0.05) is 0 Å². The summed E-state index contributed by atoms with van der Waals surface area (Å²) in [6, 6.07) is 12.3. The van der Waals surface area contributed by atoms with Crippen LogP contribution in [0.25, 0.3) is 5.69 Å². The maximum atomic E-state index is 12.4. The Balaban J connectivity index is 1.79. The minimum atomic E-state index is -0.221. The first kappa shape index (κ1) is 16.7. The van der Waals surface area contributed by atoms with Crippen molar-refractivity contribution in [2.75, 3.05) is 5.32 Å². The normalized spacial score (nSPS) is 10.7. The minimum absolute atomic E-state index is 0.0882. The molecule has 0 saturated heterocycles. The molecule has 0 spiro atoms. The van der Waals surface area contributed by atoms with Crippen LogP contribution in [0.3, 0.4) is 0 Å². The van der Waals surface area contributed by atoms with Crippen molar-refractivity contribution in [3.05, 3.63) is 76.0 Å². The predicted molar refractivity (Wildman–Crippen MR) is 97.4 cm³/mol. The Kier molecular flexibility index (Phi) is 4.52. The van der Waals surface area contributed by atoms with Crippen molar-refractivity contribution in [3.63, 3.8) is 0 Å². The largest absolute Gasteiger partial charge is 0.321 e. The summed E-state index contributed by atoms with van der Waals surface area (Å²) in [5.74, 6) is -0.221. The van der Waals surface area contributed by atoms with Gasteiger partial charge < -0.3 is 9.88 Å². The highest BCUT2D eigenvalue weighted by Gasteiger charge is 2.09. The van der Waals surface area contributed by atoms with Crippen LogP contribution in [0.15, 0.2) is 53.5 Å². The van der Waals surface area contributed by atoms with Crippen molar-refractivity contribution < 1.29 is 4.79 Å². The number of nitrogens with zero attached hydrogens (tertiary/aromatic N) is 3. The summed E-state index contributed by atoms with van der Waals surface area (Å²) in [5, 5.41) is 7.25. The van der Waals surface area contributed by atoms with E-state index in [-0.39, 0.29) is 11.5 Å². The standard InChI is InChI=1S/C19H20N4O2/c1-4-22-12-16(7-10-18(22)24)20-19(25)15-5-8-17(9-6-15)23-14(3)11-13(2)21-23/h5-12H,4H2,1-3H3,(H,20,25). The van der Waals surface area contributed by atoms with Gasteiger partial charge in [-0.05, 0) is 57.2 Å². The van der Waals surface area contributed by atoms with Crippen LogP contribution in [0.2, 0.25) is 0 Å². The third kappa shape index (κ3) is 3.52. The number of carbonyl (C=O) groups is 1. The quantitative estimate of drug-likeness (QED) is 0.796. The van der Waals surface area contributed by atoms with Gasteiger partial charge in [0.2, 0.25) is 0 Å². The van der Waals surface area contributed by atoms with Gasteiger partial charge in [-0.3, -0.25) is 9.59 Å². The minimum Gasteiger partial charge on any atom is -0.321 e. The molecule has 1 amide bonds. The zero-order valence-corrected chi connectivity index (χ0v) is 14.5. The van der Waals surface area contributed by atoms with Gasteiger partial charge in [0.15, 0.2) is 0 Å². The highest BCUT2D eigenvalue weighted by molar-refractivity contribution is 6.04. The van der Waals surface area contributed by atoms with E-state index in [1.165, 1.54) is 6.07 Å². The summed E-state index contributed by atoms with van der Waals surface area (Å²) in [7, 11) is 0. The van der Waals surface area contributed by atoms with Crippen molar-refractivity contribution >= 4 is 11.6 Å². The van der Waals surface area contributed by atoms with Gasteiger partial charge in [0, 0.05) is 30.1 Å². The van der Waals surface area contributed by atoms with E-state index in [0.717, 1.165) is 17.1 Å². The van der Waals surface area contributed by atoms with Gasteiger partial charge >= 0.3 is 0 Å². The number of amides is 1. The maximum Gasteiger partial charge on any atom is 0.255 e. The molecule has 3 aromatic rings. The van der Waals surface area contributed by atoms with E-state index in [1.807, 2.05) is 43.7 Å². The monoisotopic (exact) mass is 336 g/mol. The molecule has 1 aromatic carbocycles. The molecular weight excluding hydrogens is 316 g/mol. The molecule has 0 aliphatic carbocycles. The second-order valence-corrected chi connectivity index (χ2v) is 5.88. The van der Waals surface area contributed by atoms with Gasteiger partial charge in [0.25, 0.3) is 11.5 Å². The lowest BCUT2D eigenvalue weighted by molar-refractivity contribution is 0.102. The SMILES string of the molecule is CCn1cc(NC(=O)c2ccc(-n3nc(C)cc3C)cc2)ccc1=O. The Labute approximate surface area is 145 Å². The summed E-state index contributed by atoms with van der Waals surface area (Å²) < 4.78 is 3.38. The molecule has 0 aliphatic heterocycles. The van der Waals surface area contributed by atoms with Gasteiger partial charge in [-0.2, -0.15) is 5.10 Å². The highest BCUT2D eigenvalue weighted by Crippen LogP contribution is 2.14. The van der Waals surface area contributed by atoms with Gasteiger partial charge in [-0.15, -0.1) is 0 Å². The van der Waals surface area contributed by atoms with Crippen LogP contribution in [0.4, 0.5) is 5.69 Å². The van der Waals surface area contributed by atoms with Crippen LogP contribution in [0.1, 0.15) is 28.7 Å². The Morgan fingerprint density at radius 3 is 2.44 bits per heavy atom. The second kappa shape index (κ2) is 6.76. The van der Waals surface area contributed by atoms with Crippen molar-refractivity contribution in [3.8, 4) is 5.69 Å². The lowest BCUT2D eigenvalue weighted by atomic mass is 10.2. The van der Waals surface area contributed by atoms with E-state index >= 15 is 0 Å². The number of pyridine rings is 1. The number of benzene rings is 1. The smallest absolute Gasteiger partial charge is 0.255 e. The lowest BCUT2D eigenvalue weighted by Crippen LogP contribution is -2.19. The van der Waals surface area contributed by atoms with E-state index in [1.54, 1.807) is 29.0 Å². The lowest BCUT2D eigenvalue weighted by Gasteiger charge is -2.09. The van der Waals surface area contributed by atoms with Crippen molar-refractivity contribution in [2.24, 2.45) is 0 Å². The molecule has 0 radical (unpaired) electrons. The second-order valence-electron chi connectivity index (χ2n) is 5.88. The van der Waals surface area contributed by atoms with Crippen LogP contribution >= 0.6 is 0 Å². The molecule has 25 heavy (non-hydrogen) atoms. The summed E-state index contributed by atoms with van der Waals surface area (Å²) in [6.07, 6.45) is 1.64. The summed E-state index contributed by atoms with van der Waals surface area (Å²) in [4.78, 5) is 24.0. The maximum absolute atomic E-state index is 12.4. The molecule has 0 saturated carbocycles. The number of nitrogens with one attached hydrogen (secondary N) is 1. The topological polar surface area (TPSA) is 68.9 Å². The fourth-order valence-electron chi connectivity index (χ4n) is 2.70. The van der Waals surface area contributed by atoms with Crippen LogP contribution in [-0.4, -0.2) is 20.3 Å². The van der Waals surface area contributed by atoms with Crippen LogP contribution in [0, 0.1) is 13.8 Å². The third-order valence-electron chi connectivity index (χ3n) is 3.97. The van der Waals surface area contributed by atoms with Gasteiger partial charge in [0.05, 0.1) is 17.1 Å².